The topological polar surface area (TPSA) is 29.5 Å². The molecule has 0 radical (unpaired) electrons. The molecule has 104 valence electrons. The highest BCUT2D eigenvalue weighted by molar-refractivity contribution is 9.10. The molecule has 0 saturated carbocycles. The first kappa shape index (κ1) is 15.0. The van der Waals surface area contributed by atoms with Crippen LogP contribution in [0.25, 0.3) is 0 Å². The summed E-state index contributed by atoms with van der Waals surface area (Å²) in [5, 5.41) is 0.509. The summed E-state index contributed by atoms with van der Waals surface area (Å²) in [4.78, 5) is 14.5. The SMILES string of the molecule is CC1COCCN1CCC(=O)c1ccc(Br)cc1Cl. The van der Waals surface area contributed by atoms with Gasteiger partial charge in [0.1, 0.15) is 0 Å². The third-order valence-corrected chi connectivity index (χ3v) is 4.17. The lowest BCUT2D eigenvalue weighted by Crippen LogP contribution is -2.44. The standard InChI is InChI=1S/C14H17BrClNO2/c1-10-9-19-7-6-17(10)5-4-14(18)12-3-2-11(15)8-13(12)16/h2-3,8,10H,4-7,9H2,1H3. The number of halogens is 2. The lowest BCUT2D eigenvalue weighted by Gasteiger charge is -2.32. The number of carbonyl (C=O) groups is 1. The molecule has 1 aromatic rings. The minimum atomic E-state index is 0.0937. The lowest BCUT2D eigenvalue weighted by molar-refractivity contribution is -0.000207. The molecular weight excluding hydrogens is 330 g/mol. The number of Topliss-reactive ketones (excluding diaryl/α,β-unsaturated/α-hetero) is 1. The van der Waals surface area contributed by atoms with E-state index in [1.54, 1.807) is 12.1 Å². The monoisotopic (exact) mass is 345 g/mol. The molecule has 1 atom stereocenters. The van der Waals surface area contributed by atoms with Crippen molar-refractivity contribution >= 4 is 33.3 Å². The van der Waals surface area contributed by atoms with Gasteiger partial charge in [0.15, 0.2) is 5.78 Å². The minimum absolute atomic E-state index is 0.0937. The molecule has 5 heteroatoms. The second-order valence-corrected chi connectivity index (χ2v) is 6.08. The summed E-state index contributed by atoms with van der Waals surface area (Å²) < 4.78 is 6.27. The van der Waals surface area contributed by atoms with E-state index >= 15 is 0 Å². The Labute approximate surface area is 127 Å². The van der Waals surface area contributed by atoms with E-state index in [9.17, 15) is 4.79 Å². The zero-order valence-electron chi connectivity index (χ0n) is 10.9. The van der Waals surface area contributed by atoms with Crippen molar-refractivity contribution in [3.05, 3.63) is 33.3 Å². The van der Waals surface area contributed by atoms with Crippen molar-refractivity contribution in [1.82, 2.24) is 4.90 Å². The Morgan fingerprint density at radius 3 is 3.05 bits per heavy atom. The molecule has 1 saturated heterocycles. The molecular formula is C14H17BrClNO2. The predicted molar refractivity (Wildman–Crippen MR) is 80.0 cm³/mol. The second-order valence-electron chi connectivity index (χ2n) is 4.76. The molecule has 0 aromatic heterocycles. The molecule has 2 rings (SSSR count). The molecule has 1 heterocycles. The van der Waals surface area contributed by atoms with Crippen molar-refractivity contribution in [3.8, 4) is 0 Å². The van der Waals surface area contributed by atoms with Crippen molar-refractivity contribution in [3.63, 3.8) is 0 Å². The summed E-state index contributed by atoms with van der Waals surface area (Å²) in [6.07, 6.45) is 0.492. The van der Waals surface area contributed by atoms with Crippen molar-refractivity contribution in [2.24, 2.45) is 0 Å². The number of hydrogen-bond acceptors (Lipinski definition) is 3. The van der Waals surface area contributed by atoms with Gasteiger partial charge in [-0.05, 0) is 25.1 Å². The molecule has 1 fully saturated rings. The average molecular weight is 347 g/mol. The molecule has 1 unspecified atom stereocenters. The van der Waals surface area contributed by atoms with Gasteiger partial charge in [-0.25, -0.2) is 0 Å². The van der Waals surface area contributed by atoms with Gasteiger partial charge in [0.05, 0.1) is 18.2 Å². The van der Waals surface area contributed by atoms with Crippen molar-refractivity contribution in [2.75, 3.05) is 26.3 Å². The van der Waals surface area contributed by atoms with Gasteiger partial charge in [-0.2, -0.15) is 0 Å². The molecule has 0 spiro atoms. The van der Waals surface area contributed by atoms with Crippen LogP contribution in [-0.4, -0.2) is 43.0 Å². The first-order valence-electron chi connectivity index (χ1n) is 6.38. The Morgan fingerprint density at radius 1 is 1.58 bits per heavy atom. The summed E-state index contributed by atoms with van der Waals surface area (Å²) in [7, 11) is 0. The van der Waals surface area contributed by atoms with E-state index in [0.29, 0.717) is 23.0 Å². The molecule has 1 aromatic carbocycles. The van der Waals surface area contributed by atoms with Gasteiger partial charge in [0.2, 0.25) is 0 Å². The summed E-state index contributed by atoms with van der Waals surface area (Å²) in [5.41, 5.74) is 0.603. The number of hydrogen-bond donors (Lipinski definition) is 0. The van der Waals surface area contributed by atoms with E-state index in [-0.39, 0.29) is 5.78 Å². The number of nitrogens with zero attached hydrogens (tertiary/aromatic N) is 1. The summed E-state index contributed by atoms with van der Waals surface area (Å²) in [6, 6.07) is 5.75. The molecule has 0 aliphatic carbocycles. The average Bonchev–Trinajstić information content (AvgIpc) is 2.37. The maximum absolute atomic E-state index is 12.2. The minimum Gasteiger partial charge on any atom is -0.379 e. The van der Waals surface area contributed by atoms with E-state index in [1.807, 2.05) is 6.07 Å². The maximum Gasteiger partial charge on any atom is 0.165 e. The molecule has 3 nitrogen and oxygen atoms in total. The molecule has 19 heavy (non-hydrogen) atoms. The van der Waals surface area contributed by atoms with Crippen LogP contribution in [-0.2, 0) is 4.74 Å². The van der Waals surface area contributed by atoms with Crippen LogP contribution in [0.5, 0.6) is 0 Å². The fourth-order valence-corrected chi connectivity index (χ4v) is 2.97. The van der Waals surface area contributed by atoms with Gasteiger partial charge >= 0.3 is 0 Å². The van der Waals surface area contributed by atoms with Crippen LogP contribution in [0.15, 0.2) is 22.7 Å². The zero-order chi connectivity index (χ0) is 13.8. The fourth-order valence-electron chi connectivity index (χ4n) is 2.19. The van der Waals surface area contributed by atoms with Gasteiger partial charge in [-0.15, -0.1) is 0 Å². The second kappa shape index (κ2) is 6.84. The van der Waals surface area contributed by atoms with Crippen LogP contribution in [0, 0.1) is 0 Å². The smallest absolute Gasteiger partial charge is 0.165 e. The molecule has 1 aliphatic rings. The van der Waals surface area contributed by atoms with E-state index in [2.05, 4.69) is 27.8 Å². The Balaban J connectivity index is 1.93. The number of ether oxygens (including phenoxy) is 1. The van der Waals surface area contributed by atoms with Gasteiger partial charge in [0, 0.05) is 35.6 Å². The van der Waals surface area contributed by atoms with Crippen LogP contribution < -0.4 is 0 Å². The van der Waals surface area contributed by atoms with E-state index in [1.165, 1.54) is 0 Å². The van der Waals surface area contributed by atoms with Gasteiger partial charge < -0.3 is 4.74 Å². The molecule has 0 bridgehead atoms. The highest BCUT2D eigenvalue weighted by Crippen LogP contribution is 2.22. The molecule has 0 N–H and O–H groups in total. The van der Waals surface area contributed by atoms with E-state index < -0.39 is 0 Å². The maximum atomic E-state index is 12.2. The lowest BCUT2D eigenvalue weighted by atomic mass is 10.1. The van der Waals surface area contributed by atoms with Gasteiger partial charge in [-0.3, -0.25) is 9.69 Å². The van der Waals surface area contributed by atoms with Crippen LogP contribution >= 0.6 is 27.5 Å². The van der Waals surface area contributed by atoms with Crippen LogP contribution in [0.3, 0.4) is 0 Å². The predicted octanol–water partition coefficient (Wildman–Crippen LogP) is 3.40. The third kappa shape index (κ3) is 4.02. The normalized spacial score (nSPS) is 20.5. The van der Waals surface area contributed by atoms with Crippen LogP contribution in [0.2, 0.25) is 5.02 Å². The fraction of sp³-hybridized carbons (Fsp3) is 0.500. The number of carbonyl (C=O) groups excluding carboxylic acids is 1. The van der Waals surface area contributed by atoms with Crippen molar-refractivity contribution in [1.29, 1.82) is 0 Å². The summed E-state index contributed by atoms with van der Waals surface area (Å²) in [6.45, 7) is 5.26. The number of ketones is 1. The first-order chi connectivity index (χ1) is 9.08. The largest absolute Gasteiger partial charge is 0.379 e. The molecule has 0 amide bonds. The van der Waals surface area contributed by atoms with E-state index in [0.717, 1.165) is 30.8 Å². The van der Waals surface area contributed by atoms with Crippen molar-refractivity contribution in [2.45, 2.75) is 19.4 Å². The third-order valence-electron chi connectivity index (χ3n) is 3.36. The Bertz CT molecular complexity index is 467. The Hall–Kier alpha value is -0.420. The number of morpholine rings is 1. The van der Waals surface area contributed by atoms with E-state index in [4.69, 9.17) is 16.3 Å². The van der Waals surface area contributed by atoms with Gasteiger partial charge in [0.25, 0.3) is 0 Å². The first-order valence-corrected chi connectivity index (χ1v) is 7.55. The van der Waals surface area contributed by atoms with Crippen LogP contribution in [0.1, 0.15) is 23.7 Å². The highest BCUT2D eigenvalue weighted by atomic mass is 79.9. The Morgan fingerprint density at radius 2 is 2.37 bits per heavy atom. The molecule has 1 aliphatic heterocycles. The number of rotatable bonds is 4. The van der Waals surface area contributed by atoms with Crippen LogP contribution in [0.4, 0.5) is 0 Å². The van der Waals surface area contributed by atoms with Crippen molar-refractivity contribution < 1.29 is 9.53 Å². The quantitative estimate of drug-likeness (QED) is 0.783. The summed E-state index contributed by atoms with van der Waals surface area (Å²) >= 11 is 9.43. The zero-order valence-corrected chi connectivity index (χ0v) is 13.2. The Kier molecular flexibility index (Phi) is 5.39. The number of benzene rings is 1. The van der Waals surface area contributed by atoms with Gasteiger partial charge in [-0.1, -0.05) is 27.5 Å². The highest BCUT2D eigenvalue weighted by Gasteiger charge is 2.20. The summed E-state index contributed by atoms with van der Waals surface area (Å²) in [5.74, 6) is 0.0937.